The Hall–Kier alpha value is -3.39. The van der Waals surface area contributed by atoms with Gasteiger partial charge >= 0.3 is 0 Å². The molecule has 3 heterocycles. The topological polar surface area (TPSA) is 74.7 Å². The van der Waals surface area contributed by atoms with Gasteiger partial charge in [-0.3, -0.25) is 14.3 Å². The lowest BCUT2D eigenvalue weighted by Gasteiger charge is -2.08. The Bertz CT molecular complexity index is 1300. The van der Waals surface area contributed by atoms with Crippen molar-refractivity contribution in [3.8, 4) is 11.4 Å². The molecule has 8 heteroatoms. The van der Waals surface area contributed by atoms with Crippen LogP contribution < -0.4 is 5.56 Å². The van der Waals surface area contributed by atoms with Crippen molar-refractivity contribution in [2.24, 2.45) is 7.05 Å². The first-order valence-corrected chi connectivity index (χ1v) is 10.8. The summed E-state index contributed by atoms with van der Waals surface area (Å²) >= 11 is 1.30. The molecule has 0 saturated carbocycles. The third-order valence-corrected chi connectivity index (χ3v) is 6.23. The monoisotopic (exact) mass is 433 g/mol. The molecule has 4 rings (SSSR count). The maximum atomic E-state index is 13.4. The van der Waals surface area contributed by atoms with Gasteiger partial charge < -0.3 is 4.57 Å². The second-order valence-electron chi connectivity index (χ2n) is 7.27. The highest BCUT2D eigenvalue weighted by molar-refractivity contribution is 7.99. The summed E-state index contributed by atoms with van der Waals surface area (Å²) in [5, 5.41) is 0.564. The minimum Gasteiger partial charge on any atom is -0.311 e. The fourth-order valence-electron chi connectivity index (χ4n) is 3.77. The highest BCUT2D eigenvalue weighted by Crippen LogP contribution is 2.24. The van der Waals surface area contributed by atoms with E-state index in [2.05, 4.69) is 9.97 Å². The largest absolute Gasteiger partial charge is 0.311 e. The molecule has 0 aliphatic heterocycles. The molecule has 158 valence electrons. The van der Waals surface area contributed by atoms with Crippen molar-refractivity contribution in [1.82, 2.24) is 23.9 Å². The van der Waals surface area contributed by atoms with Crippen molar-refractivity contribution in [3.05, 3.63) is 87.9 Å². The van der Waals surface area contributed by atoms with E-state index in [9.17, 15) is 9.59 Å². The molecule has 0 unspecified atom stereocenters. The Morgan fingerprint density at radius 2 is 1.68 bits per heavy atom. The lowest BCUT2D eigenvalue weighted by molar-refractivity contribution is 0.102. The molecular formula is C23H23N5O2S. The minimum absolute atomic E-state index is 0.0197. The smallest absolute Gasteiger partial charge is 0.295 e. The summed E-state index contributed by atoms with van der Waals surface area (Å²) in [7, 11) is 1.87. The van der Waals surface area contributed by atoms with Gasteiger partial charge in [-0.1, -0.05) is 30.0 Å². The second-order valence-corrected chi connectivity index (χ2v) is 8.22. The van der Waals surface area contributed by atoms with Crippen LogP contribution in [-0.4, -0.2) is 35.4 Å². The zero-order valence-corrected chi connectivity index (χ0v) is 18.7. The van der Waals surface area contributed by atoms with E-state index in [1.807, 2.05) is 73.5 Å². The predicted molar refractivity (Wildman–Crippen MR) is 122 cm³/mol. The molecule has 0 atom stereocenters. The van der Waals surface area contributed by atoms with Gasteiger partial charge in [0.05, 0.1) is 17.1 Å². The molecule has 0 spiro atoms. The zero-order valence-electron chi connectivity index (χ0n) is 17.9. The molecule has 31 heavy (non-hydrogen) atoms. The molecule has 0 fully saturated rings. The molecule has 0 radical (unpaired) electrons. The number of benzene rings is 1. The molecule has 0 N–H and O–H groups in total. The van der Waals surface area contributed by atoms with Crippen LogP contribution in [0.3, 0.4) is 0 Å². The van der Waals surface area contributed by atoms with E-state index in [0.29, 0.717) is 16.4 Å². The lowest BCUT2D eigenvalue weighted by atomic mass is 10.2. The van der Waals surface area contributed by atoms with E-state index in [1.54, 1.807) is 23.1 Å². The number of para-hydroxylation sites is 1. The van der Waals surface area contributed by atoms with Crippen LogP contribution in [-0.2, 0) is 7.05 Å². The van der Waals surface area contributed by atoms with Gasteiger partial charge in [0, 0.05) is 36.4 Å². The van der Waals surface area contributed by atoms with Crippen LogP contribution in [0.15, 0.2) is 64.8 Å². The van der Waals surface area contributed by atoms with Crippen molar-refractivity contribution < 1.29 is 4.79 Å². The average Bonchev–Trinajstić information content (AvgIpc) is 3.19. The van der Waals surface area contributed by atoms with Crippen LogP contribution >= 0.6 is 11.8 Å². The number of hydrogen-bond acceptors (Lipinski definition) is 5. The number of hydrogen-bond donors (Lipinski definition) is 0. The molecule has 0 aliphatic rings. The average molecular weight is 434 g/mol. The van der Waals surface area contributed by atoms with Crippen molar-refractivity contribution in [2.75, 3.05) is 5.75 Å². The zero-order chi connectivity index (χ0) is 22.1. The van der Waals surface area contributed by atoms with Crippen molar-refractivity contribution >= 4 is 17.5 Å². The minimum atomic E-state index is -0.126. The van der Waals surface area contributed by atoms with Crippen molar-refractivity contribution in [2.45, 2.75) is 25.9 Å². The fourth-order valence-corrected chi connectivity index (χ4v) is 4.46. The number of nitrogens with zero attached hydrogens (tertiary/aromatic N) is 5. The summed E-state index contributed by atoms with van der Waals surface area (Å²) in [5.41, 5.74) is 4.24. The summed E-state index contributed by atoms with van der Waals surface area (Å²) < 4.78 is 5.37. The molecule has 3 aromatic heterocycles. The van der Waals surface area contributed by atoms with Gasteiger partial charge in [0.1, 0.15) is 5.69 Å². The molecule has 0 amide bonds. The normalized spacial score (nSPS) is 11.1. The van der Waals surface area contributed by atoms with Crippen LogP contribution in [0.2, 0.25) is 0 Å². The number of carbonyl (C=O) groups is 1. The summed E-state index contributed by atoms with van der Waals surface area (Å²) in [6.45, 7) is 5.71. The number of aromatic nitrogens is 5. The Balaban J connectivity index is 1.73. The van der Waals surface area contributed by atoms with Gasteiger partial charge in [-0.05, 0) is 45.0 Å². The Kier molecular flexibility index (Phi) is 5.65. The van der Waals surface area contributed by atoms with Gasteiger partial charge in [0.15, 0.2) is 10.9 Å². The lowest BCUT2D eigenvalue weighted by Crippen LogP contribution is -2.22. The number of rotatable bonds is 6. The highest BCUT2D eigenvalue weighted by atomic mass is 32.2. The summed E-state index contributed by atoms with van der Waals surface area (Å²) in [5.74, 6) is 0.213. The van der Waals surface area contributed by atoms with E-state index in [-0.39, 0.29) is 17.1 Å². The van der Waals surface area contributed by atoms with Crippen LogP contribution in [0.5, 0.6) is 0 Å². The van der Waals surface area contributed by atoms with Crippen LogP contribution in [0.4, 0.5) is 0 Å². The van der Waals surface area contributed by atoms with Gasteiger partial charge in [-0.15, -0.1) is 0 Å². The summed E-state index contributed by atoms with van der Waals surface area (Å²) in [6, 6.07) is 13.1. The number of Topliss-reactive ketones (excluding diaryl/α,β-unsaturated/α-hetero) is 1. The van der Waals surface area contributed by atoms with Crippen LogP contribution in [0.1, 0.15) is 27.4 Å². The molecule has 1 aromatic carbocycles. The van der Waals surface area contributed by atoms with E-state index in [1.165, 1.54) is 11.8 Å². The predicted octanol–water partition coefficient (Wildman–Crippen LogP) is 3.66. The first-order valence-electron chi connectivity index (χ1n) is 9.86. The third-order valence-electron chi connectivity index (χ3n) is 5.35. The number of carbonyl (C=O) groups excluding carboxylic acids is 1. The standard InChI is InChI=1S/C23H23N5O2S/c1-15-13-19(20(29)14-31-23-24-11-8-12-25-23)16(2)27(15)21-17(3)26(4)28(22(21)30)18-9-6-5-7-10-18/h5-13H,14H2,1-4H3. The van der Waals surface area contributed by atoms with Gasteiger partial charge in [0.25, 0.3) is 5.56 Å². The summed E-state index contributed by atoms with van der Waals surface area (Å²) in [6.07, 6.45) is 3.31. The highest BCUT2D eigenvalue weighted by Gasteiger charge is 2.23. The Morgan fingerprint density at radius 1 is 1.00 bits per heavy atom. The molecule has 0 aliphatic carbocycles. The van der Waals surface area contributed by atoms with E-state index < -0.39 is 0 Å². The molecular weight excluding hydrogens is 410 g/mol. The molecule has 7 nitrogen and oxygen atoms in total. The Labute approximate surface area is 184 Å². The number of aryl methyl sites for hydroxylation is 1. The summed E-state index contributed by atoms with van der Waals surface area (Å²) in [4.78, 5) is 34.6. The Morgan fingerprint density at radius 3 is 2.35 bits per heavy atom. The number of ketones is 1. The van der Waals surface area contributed by atoms with E-state index in [4.69, 9.17) is 0 Å². The second kappa shape index (κ2) is 8.39. The maximum Gasteiger partial charge on any atom is 0.295 e. The van der Waals surface area contributed by atoms with Crippen LogP contribution in [0, 0.1) is 20.8 Å². The van der Waals surface area contributed by atoms with Gasteiger partial charge in [-0.25, -0.2) is 14.6 Å². The van der Waals surface area contributed by atoms with E-state index >= 15 is 0 Å². The van der Waals surface area contributed by atoms with Crippen LogP contribution in [0.25, 0.3) is 11.4 Å². The quantitative estimate of drug-likeness (QED) is 0.264. The van der Waals surface area contributed by atoms with Crippen molar-refractivity contribution in [1.29, 1.82) is 0 Å². The first kappa shape index (κ1) is 20.9. The third kappa shape index (κ3) is 3.74. The molecule has 4 aromatic rings. The van der Waals surface area contributed by atoms with Crippen molar-refractivity contribution in [3.63, 3.8) is 0 Å². The maximum absolute atomic E-state index is 13.4. The number of thioether (sulfide) groups is 1. The fraction of sp³-hybridized carbons (Fsp3) is 0.217. The first-order chi connectivity index (χ1) is 14.9. The molecule has 0 bridgehead atoms. The van der Waals surface area contributed by atoms with E-state index in [0.717, 1.165) is 22.8 Å². The SMILES string of the molecule is Cc1cc(C(=O)CSc2ncccn2)c(C)n1-c1c(C)n(C)n(-c2ccccc2)c1=O. The molecule has 0 saturated heterocycles. The van der Waals surface area contributed by atoms with Gasteiger partial charge in [-0.2, -0.15) is 0 Å². The van der Waals surface area contributed by atoms with Gasteiger partial charge in [0.2, 0.25) is 0 Å².